The molecule has 1 unspecified atom stereocenters. The van der Waals surface area contributed by atoms with Gasteiger partial charge in [-0.05, 0) is 62.9 Å². The second kappa shape index (κ2) is 8.17. The van der Waals surface area contributed by atoms with Gasteiger partial charge in [-0.2, -0.15) is 0 Å². The maximum absolute atomic E-state index is 12.5. The molecule has 0 radical (unpaired) electrons. The Labute approximate surface area is 149 Å². The SMILES string of the molecule is Cc1ccccc1CC(C)(C)NC(=O)C(C)Oc1cccc(CO)c1. The summed E-state index contributed by atoms with van der Waals surface area (Å²) in [5.41, 5.74) is 2.81. The molecule has 2 N–H and O–H groups in total. The van der Waals surface area contributed by atoms with E-state index in [4.69, 9.17) is 4.74 Å². The van der Waals surface area contributed by atoms with Gasteiger partial charge in [-0.15, -0.1) is 0 Å². The Morgan fingerprint density at radius 2 is 1.92 bits per heavy atom. The van der Waals surface area contributed by atoms with Crippen LogP contribution < -0.4 is 10.1 Å². The van der Waals surface area contributed by atoms with Crippen molar-refractivity contribution in [2.45, 2.75) is 52.4 Å². The van der Waals surface area contributed by atoms with Crippen LogP contribution in [0.5, 0.6) is 5.75 Å². The van der Waals surface area contributed by atoms with Crippen LogP contribution in [0.2, 0.25) is 0 Å². The smallest absolute Gasteiger partial charge is 0.261 e. The van der Waals surface area contributed by atoms with Gasteiger partial charge in [-0.3, -0.25) is 4.79 Å². The highest BCUT2D eigenvalue weighted by atomic mass is 16.5. The molecular weight excluding hydrogens is 314 g/mol. The standard InChI is InChI=1S/C21H27NO3/c1-15-8-5-6-10-18(15)13-21(3,4)22-20(24)16(2)25-19-11-7-9-17(12-19)14-23/h5-12,16,23H,13-14H2,1-4H3,(H,22,24). The van der Waals surface area contributed by atoms with E-state index in [1.54, 1.807) is 25.1 Å². The Bertz CT molecular complexity index is 725. The van der Waals surface area contributed by atoms with E-state index in [0.717, 1.165) is 12.0 Å². The molecule has 1 amide bonds. The quantitative estimate of drug-likeness (QED) is 0.811. The third kappa shape index (κ3) is 5.61. The van der Waals surface area contributed by atoms with Gasteiger partial charge in [0.2, 0.25) is 0 Å². The minimum atomic E-state index is -0.620. The fourth-order valence-electron chi connectivity index (χ4n) is 2.74. The number of aryl methyl sites for hydroxylation is 1. The van der Waals surface area contributed by atoms with Gasteiger partial charge in [-0.25, -0.2) is 0 Å². The first-order valence-corrected chi connectivity index (χ1v) is 8.54. The third-order valence-corrected chi connectivity index (χ3v) is 4.12. The molecule has 2 aromatic carbocycles. The number of hydrogen-bond donors (Lipinski definition) is 2. The number of carbonyl (C=O) groups excluding carboxylic acids is 1. The van der Waals surface area contributed by atoms with Gasteiger partial charge in [0, 0.05) is 5.54 Å². The van der Waals surface area contributed by atoms with Crippen LogP contribution >= 0.6 is 0 Å². The van der Waals surface area contributed by atoms with E-state index in [0.29, 0.717) is 5.75 Å². The normalized spacial score (nSPS) is 12.5. The second-order valence-electron chi connectivity index (χ2n) is 7.04. The summed E-state index contributed by atoms with van der Waals surface area (Å²) in [6, 6.07) is 15.3. The zero-order chi connectivity index (χ0) is 18.4. The summed E-state index contributed by atoms with van der Waals surface area (Å²) in [6.07, 6.45) is 0.128. The van der Waals surface area contributed by atoms with Gasteiger partial charge in [0.1, 0.15) is 5.75 Å². The van der Waals surface area contributed by atoms with E-state index in [-0.39, 0.29) is 18.1 Å². The van der Waals surface area contributed by atoms with Gasteiger partial charge in [0.05, 0.1) is 6.61 Å². The molecule has 25 heavy (non-hydrogen) atoms. The van der Waals surface area contributed by atoms with E-state index in [9.17, 15) is 9.90 Å². The fourth-order valence-corrected chi connectivity index (χ4v) is 2.74. The van der Waals surface area contributed by atoms with E-state index in [1.165, 1.54) is 11.1 Å². The van der Waals surface area contributed by atoms with Crippen molar-refractivity contribution in [2.75, 3.05) is 0 Å². The lowest BCUT2D eigenvalue weighted by Gasteiger charge is -2.29. The Balaban J connectivity index is 1.98. The lowest BCUT2D eigenvalue weighted by molar-refractivity contribution is -0.128. The van der Waals surface area contributed by atoms with Crippen molar-refractivity contribution in [1.82, 2.24) is 5.32 Å². The number of hydrogen-bond acceptors (Lipinski definition) is 3. The molecule has 0 aliphatic rings. The zero-order valence-electron chi connectivity index (χ0n) is 15.4. The zero-order valence-corrected chi connectivity index (χ0v) is 15.4. The topological polar surface area (TPSA) is 58.6 Å². The molecule has 1 atom stereocenters. The van der Waals surface area contributed by atoms with Crippen LogP contribution in [0.1, 0.15) is 37.5 Å². The minimum Gasteiger partial charge on any atom is -0.481 e. The minimum absolute atomic E-state index is 0.0543. The van der Waals surface area contributed by atoms with Gasteiger partial charge in [0.15, 0.2) is 6.10 Å². The number of carbonyl (C=O) groups is 1. The number of aliphatic hydroxyl groups excluding tert-OH is 1. The largest absolute Gasteiger partial charge is 0.481 e. The van der Waals surface area contributed by atoms with Gasteiger partial charge in [-0.1, -0.05) is 36.4 Å². The average Bonchev–Trinajstić information content (AvgIpc) is 2.56. The number of amides is 1. The molecule has 4 heteroatoms. The molecule has 0 saturated carbocycles. The predicted molar refractivity (Wildman–Crippen MR) is 99.6 cm³/mol. The molecule has 2 rings (SSSR count). The van der Waals surface area contributed by atoms with Crippen molar-refractivity contribution in [3.63, 3.8) is 0 Å². The molecule has 0 aliphatic carbocycles. The second-order valence-corrected chi connectivity index (χ2v) is 7.04. The van der Waals surface area contributed by atoms with Crippen LogP contribution in [0.25, 0.3) is 0 Å². The summed E-state index contributed by atoms with van der Waals surface area (Å²) >= 11 is 0. The average molecular weight is 341 g/mol. The molecule has 0 heterocycles. The first kappa shape index (κ1) is 19.0. The molecule has 4 nitrogen and oxygen atoms in total. The first-order valence-electron chi connectivity index (χ1n) is 8.54. The van der Waals surface area contributed by atoms with Crippen LogP contribution in [0.4, 0.5) is 0 Å². The first-order chi connectivity index (χ1) is 11.8. The summed E-state index contributed by atoms with van der Waals surface area (Å²) < 4.78 is 5.72. The highest BCUT2D eigenvalue weighted by Gasteiger charge is 2.25. The number of ether oxygens (including phenoxy) is 1. The van der Waals surface area contributed by atoms with Crippen LogP contribution in [0.15, 0.2) is 48.5 Å². The van der Waals surface area contributed by atoms with E-state index < -0.39 is 6.10 Å². The monoisotopic (exact) mass is 341 g/mol. The maximum Gasteiger partial charge on any atom is 0.261 e. The maximum atomic E-state index is 12.5. The molecule has 0 spiro atoms. The Morgan fingerprint density at radius 3 is 2.60 bits per heavy atom. The highest BCUT2D eigenvalue weighted by molar-refractivity contribution is 5.81. The summed E-state index contributed by atoms with van der Waals surface area (Å²) in [4.78, 5) is 12.5. The van der Waals surface area contributed by atoms with Crippen molar-refractivity contribution in [3.8, 4) is 5.75 Å². The van der Waals surface area contributed by atoms with Crippen molar-refractivity contribution >= 4 is 5.91 Å². The molecule has 0 aliphatic heterocycles. The van der Waals surface area contributed by atoms with Gasteiger partial charge < -0.3 is 15.2 Å². The molecule has 2 aromatic rings. The number of benzene rings is 2. The third-order valence-electron chi connectivity index (χ3n) is 4.12. The van der Waals surface area contributed by atoms with Crippen molar-refractivity contribution in [2.24, 2.45) is 0 Å². The molecule has 0 bridgehead atoms. The lowest BCUT2D eigenvalue weighted by atomic mass is 9.92. The van der Waals surface area contributed by atoms with Gasteiger partial charge in [0.25, 0.3) is 5.91 Å². The molecule has 0 fully saturated rings. The fraction of sp³-hybridized carbons (Fsp3) is 0.381. The van der Waals surface area contributed by atoms with Crippen molar-refractivity contribution in [3.05, 3.63) is 65.2 Å². The molecular formula is C21H27NO3. The Hall–Kier alpha value is -2.33. The Kier molecular flexibility index (Phi) is 6.21. The summed E-state index contributed by atoms with van der Waals surface area (Å²) in [6.45, 7) is 7.77. The predicted octanol–water partition coefficient (Wildman–Crippen LogP) is 3.39. The van der Waals surface area contributed by atoms with E-state index in [1.807, 2.05) is 32.0 Å². The van der Waals surface area contributed by atoms with E-state index in [2.05, 4.69) is 24.4 Å². The molecule has 134 valence electrons. The summed E-state index contributed by atoms with van der Waals surface area (Å²) in [5.74, 6) is 0.416. The number of nitrogens with one attached hydrogen (secondary N) is 1. The molecule has 0 saturated heterocycles. The number of rotatable bonds is 7. The van der Waals surface area contributed by atoms with E-state index >= 15 is 0 Å². The van der Waals surface area contributed by atoms with Crippen LogP contribution in [0, 0.1) is 6.92 Å². The van der Waals surface area contributed by atoms with Crippen LogP contribution in [-0.4, -0.2) is 22.7 Å². The van der Waals surface area contributed by atoms with Crippen LogP contribution in [-0.2, 0) is 17.8 Å². The summed E-state index contributed by atoms with van der Waals surface area (Å²) in [5, 5.41) is 12.3. The Morgan fingerprint density at radius 1 is 1.20 bits per heavy atom. The lowest BCUT2D eigenvalue weighted by Crippen LogP contribution is -2.49. The van der Waals surface area contributed by atoms with Crippen LogP contribution in [0.3, 0.4) is 0 Å². The van der Waals surface area contributed by atoms with Gasteiger partial charge >= 0.3 is 0 Å². The molecule has 0 aromatic heterocycles. The highest BCUT2D eigenvalue weighted by Crippen LogP contribution is 2.18. The number of aliphatic hydroxyl groups is 1. The summed E-state index contributed by atoms with van der Waals surface area (Å²) in [7, 11) is 0. The van der Waals surface area contributed by atoms with Crippen molar-refractivity contribution in [1.29, 1.82) is 0 Å². The van der Waals surface area contributed by atoms with Crippen molar-refractivity contribution < 1.29 is 14.6 Å².